The van der Waals surface area contributed by atoms with Gasteiger partial charge in [0.15, 0.2) is 0 Å². The van der Waals surface area contributed by atoms with Crippen LogP contribution in [0.3, 0.4) is 0 Å². The van der Waals surface area contributed by atoms with Crippen molar-refractivity contribution in [3.63, 3.8) is 0 Å². The molecule has 1 amide bonds. The summed E-state index contributed by atoms with van der Waals surface area (Å²) in [4.78, 5) is 11.8. The molecule has 1 unspecified atom stereocenters. The molecule has 3 heteroatoms. The number of carbonyl (C=O) groups excluding carboxylic acids is 1. The molecule has 1 aromatic rings. The third-order valence-electron chi connectivity index (χ3n) is 2.82. The third-order valence-corrected chi connectivity index (χ3v) is 2.82. The Morgan fingerprint density at radius 1 is 1.47 bits per heavy atom. The molecule has 0 radical (unpaired) electrons. The highest BCUT2D eigenvalue weighted by Gasteiger charge is 2.09. The average molecular weight is 234 g/mol. The lowest BCUT2D eigenvalue weighted by atomic mass is 10.1. The van der Waals surface area contributed by atoms with Gasteiger partial charge < -0.3 is 11.1 Å². The van der Waals surface area contributed by atoms with Gasteiger partial charge in [-0.2, -0.15) is 0 Å². The number of amides is 1. The molecule has 0 saturated carbocycles. The Balaban J connectivity index is 2.49. The minimum atomic E-state index is 0.0795. The van der Waals surface area contributed by atoms with Crippen molar-refractivity contribution in [2.75, 3.05) is 6.54 Å². The van der Waals surface area contributed by atoms with Crippen LogP contribution in [-0.2, 0) is 11.2 Å². The molecule has 0 spiro atoms. The molecule has 3 N–H and O–H groups in total. The van der Waals surface area contributed by atoms with Crippen molar-refractivity contribution in [1.29, 1.82) is 0 Å². The number of hydrogen-bond donors (Lipinski definition) is 2. The first-order valence-corrected chi connectivity index (χ1v) is 6.20. The Labute approximate surface area is 103 Å². The Bertz CT molecular complexity index is 363. The highest BCUT2D eigenvalue weighted by atomic mass is 16.1. The van der Waals surface area contributed by atoms with E-state index in [1.807, 2.05) is 31.2 Å². The van der Waals surface area contributed by atoms with E-state index in [-0.39, 0.29) is 11.9 Å². The first-order valence-electron chi connectivity index (χ1n) is 6.20. The number of nitrogens with one attached hydrogen (secondary N) is 1. The van der Waals surface area contributed by atoms with Crippen LogP contribution in [0.5, 0.6) is 0 Å². The molecule has 0 aliphatic heterocycles. The maximum absolute atomic E-state index is 11.8. The van der Waals surface area contributed by atoms with Gasteiger partial charge in [-0.15, -0.1) is 0 Å². The number of aryl methyl sites for hydroxylation is 1. The monoisotopic (exact) mass is 234 g/mol. The molecular weight excluding hydrogens is 212 g/mol. The second-order valence-electron chi connectivity index (χ2n) is 4.42. The van der Waals surface area contributed by atoms with Crippen LogP contribution in [-0.4, -0.2) is 18.5 Å². The summed E-state index contributed by atoms with van der Waals surface area (Å²) in [7, 11) is 0. The van der Waals surface area contributed by atoms with E-state index in [4.69, 9.17) is 5.73 Å². The van der Waals surface area contributed by atoms with Crippen LogP contribution in [0.1, 0.15) is 30.9 Å². The highest BCUT2D eigenvalue weighted by molar-refractivity contribution is 5.78. The predicted molar refractivity (Wildman–Crippen MR) is 70.8 cm³/mol. The topological polar surface area (TPSA) is 55.1 Å². The third kappa shape index (κ3) is 5.00. The van der Waals surface area contributed by atoms with Crippen molar-refractivity contribution < 1.29 is 4.79 Å². The fourth-order valence-electron chi connectivity index (χ4n) is 1.87. The molecule has 0 saturated heterocycles. The Morgan fingerprint density at radius 3 is 2.82 bits per heavy atom. The first kappa shape index (κ1) is 13.7. The lowest BCUT2D eigenvalue weighted by Gasteiger charge is -2.16. The highest BCUT2D eigenvalue weighted by Crippen LogP contribution is 2.05. The van der Waals surface area contributed by atoms with Gasteiger partial charge in [-0.25, -0.2) is 0 Å². The van der Waals surface area contributed by atoms with Crippen molar-refractivity contribution in [3.05, 3.63) is 35.4 Å². The second kappa shape index (κ2) is 7.07. The standard InChI is InChI=1S/C14H22N2O/c1-3-13(7-8-15)16-14(17)10-12-6-4-5-11(2)9-12/h4-6,9,13H,3,7-8,10,15H2,1-2H3,(H,16,17). The Hall–Kier alpha value is -1.35. The molecule has 1 rings (SSSR count). The molecule has 0 aliphatic carbocycles. The average Bonchev–Trinajstić information content (AvgIpc) is 2.28. The van der Waals surface area contributed by atoms with Crippen molar-refractivity contribution >= 4 is 5.91 Å². The lowest BCUT2D eigenvalue weighted by molar-refractivity contribution is -0.121. The zero-order valence-corrected chi connectivity index (χ0v) is 10.7. The van der Waals surface area contributed by atoms with Gasteiger partial charge in [0, 0.05) is 6.04 Å². The zero-order chi connectivity index (χ0) is 12.7. The Kier molecular flexibility index (Phi) is 5.70. The smallest absolute Gasteiger partial charge is 0.224 e. The summed E-state index contributed by atoms with van der Waals surface area (Å²) in [6.07, 6.45) is 2.22. The van der Waals surface area contributed by atoms with E-state index in [1.54, 1.807) is 0 Å². The molecular formula is C14H22N2O. The summed E-state index contributed by atoms with van der Waals surface area (Å²) in [5.74, 6) is 0.0795. The van der Waals surface area contributed by atoms with Crippen molar-refractivity contribution in [1.82, 2.24) is 5.32 Å². The molecule has 94 valence electrons. The van der Waals surface area contributed by atoms with Gasteiger partial charge in [-0.1, -0.05) is 36.8 Å². The number of hydrogen-bond acceptors (Lipinski definition) is 2. The molecule has 0 heterocycles. The maximum Gasteiger partial charge on any atom is 0.224 e. The van der Waals surface area contributed by atoms with Crippen LogP contribution in [0.4, 0.5) is 0 Å². The molecule has 0 fully saturated rings. The molecule has 0 aliphatic rings. The number of nitrogens with two attached hydrogens (primary N) is 1. The molecule has 0 bridgehead atoms. The summed E-state index contributed by atoms with van der Waals surface area (Å²) in [5.41, 5.74) is 7.75. The Morgan fingerprint density at radius 2 is 2.24 bits per heavy atom. The van der Waals surface area contributed by atoms with Crippen molar-refractivity contribution in [2.45, 2.75) is 39.2 Å². The van der Waals surface area contributed by atoms with E-state index >= 15 is 0 Å². The van der Waals surface area contributed by atoms with Crippen LogP contribution in [0.25, 0.3) is 0 Å². The minimum absolute atomic E-state index is 0.0795. The van der Waals surface area contributed by atoms with Gasteiger partial charge in [-0.3, -0.25) is 4.79 Å². The lowest BCUT2D eigenvalue weighted by Crippen LogP contribution is -2.36. The van der Waals surface area contributed by atoms with Gasteiger partial charge in [0.25, 0.3) is 0 Å². The molecule has 0 aromatic heterocycles. The molecule has 3 nitrogen and oxygen atoms in total. The molecule has 1 atom stereocenters. The van der Waals surface area contributed by atoms with Crippen LogP contribution in [0.15, 0.2) is 24.3 Å². The quantitative estimate of drug-likeness (QED) is 0.788. The summed E-state index contributed by atoms with van der Waals surface area (Å²) in [5, 5.41) is 3.02. The largest absolute Gasteiger partial charge is 0.353 e. The van der Waals surface area contributed by atoms with Gasteiger partial charge in [-0.05, 0) is 31.9 Å². The fraction of sp³-hybridized carbons (Fsp3) is 0.500. The van der Waals surface area contributed by atoms with Gasteiger partial charge in [0.1, 0.15) is 0 Å². The summed E-state index contributed by atoms with van der Waals surface area (Å²) in [6.45, 7) is 4.71. The van der Waals surface area contributed by atoms with Gasteiger partial charge in [0.05, 0.1) is 6.42 Å². The second-order valence-corrected chi connectivity index (χ2v) is 4.42. The number of carbonyl (C=O) groups is 1. The minimum Gasteiger partial charge on any atom is -0.353 e. The van der Waals surface area contributed by atoms with Gasteiger partial charge >= 0.3 is 0 Å². The van der Waals surface area contributed by atoms with Crippen LogP contribution < -0.4 is 11.1 Å². The van der Waals surface area contributed by atoms with E-state index in [0.717, 1.165) is 18.4 Å². The summed E-state index contributed by atoms with van der Waals surface area (Å²) in [6, 6.07) is 8.25. The predicted octanol–water partition coefficient (Wildman–Crippen LogP) is 1.78. The van der Waals surface area contributed by atoms with E-state index in [9.17, 15) is 4.79 Å². The summed E-state index contributed by atoms with van der Waals surface area (Å²) < 4.78 is 0. The number of rotatable bonds is 6. The van der Waals surface area contributed by atoms with Crippen LogP contribution in [0.2, 0.25) is 0 Å². The first-order chi connectivity index (χ1) is 8.15. The molecule has 17 heavy (non-hydrogen) atoms. The maximum atomic E-state index is 11.8. The van der Waals surface area contributed by atoms with E-state index in [1.165, 1.54) is 5.56 Å². The van der Waals surface area contributed by atoms with E-state index in [0.29, 0.717) is 13.0 Å². The van der Waals surface area contributed by atoms with E-state index in [2.05, 4.69) is 12.2 Å². The SMILES string of the molecule is CCC(CCN)NC(=O)Cc1cccc(C)c1. The van der Waals surface area contributed by atoms with Crippen molar-refractivity contribution in [3.8, 4) is 0 Å². The molecule has 1 aromatic carbocycles. The van der Waals surface area contributed by atoms with Crippen LogP contribution in [0, 0.1) is 6.92 Å². The normalized spacial score (nSPS) is 12.2. The zero-order valence-electron chi connectivity index (χ0n) is 10.7. The number of benzene rings is 1. The van der Waals surface area contributed by atoms with Gasteiger partial charge in [0.2, 0.25) is 5.91 Å². The van der Waals surface area contributed by atoms with E-state index < -0.39 is 0 Å². The van der Waals surface area contributed by atoms with Crippen LogP contribution >= 0.6 is 0 Å². The van der Waals surface area contributed by atoms with Crippen molar-refractivity contribution in [2.24, 2.45) is 5.73 Å². The summed E-state index contributed by atoms with van der Waals surface area (Å²) >= 11 is 0. The fourth-order valence-corrected chi connectivity index (χ4v) is 1.87.